The molecule has 1 aromatic carbocycles. The summed E-state index contributed by atoms with van der Waals surface area (Å²) in [6, 6.07) is 8.67. The van der Waals surface area contributed by atoms with Gasteiger partial charge in [-0.15, -0.1) is 24.0 Å². The minimum absolute atomic E-state index is 0. The first-order valence-corrected chi connectivity index (χ1v) is 8.49. The number of nitrogens with zero attached hydrogens (tertiary/aromatic N) is 1. The summed E-state index contributed by atoms with van der Waals surface area (Å²) in [5.41, 5.74) is 1.17. The van der Waals surface area contributed by atoms with Gasteiger partial charge >= 0.3 is 0 Å². The molecule has 6 heteroatoms. The summed E-state index contributed by atoms with van der Waals surface area (Å²) in [5, 5.41) is 6.91. The Morgan fingerprint density at radius 3 is 2.71 bits per heavy atom. The van der Waals surface area contributed by atoms with Gasteiger partial charge in [-0.1, -0.05) is 31.4 Å². The SMILES string of the molecule is CN=C(NCc1cccc(OCCOC)c1)NC1CCCCC1.I. The lowest BCUT2D eigenvalue weighted by atomic mass is 9.96. The van der Waals surface area contributed by atoms with E-state index >= 15 is 0 Å². The second-order valence-corrected chi connectivity index (χ2v) is 5.89. The van der Waals surface area contributed by atoms with Gasteiger partial charge in [-0.05, 0) is 30.5 Å². The van der Waals surface area contributed by atoms with E-state index in [2.05, 4.69) is 27.8 Å². The highest BCUT2D eigenvalue weighted by Crippen LogP contribution is 2.17. The standard InChI is InChI=1S/C18H29N3O2.HI/c1-19-18(21-16-8-4-3-5-9-16)20-14-15-7-6-10-17(13-15)23-12-11-22-2;/h6-7,10,13,16H,3-5,8-9,11-12,14H2,1-2H3,(H2,19,20,21);1H. The highest BCUT2D eigenvalue weighted by molar-refractivity contribution is 14.0. The van der Waals surface area contributed by atoms with E-state index < -0.39 is 0 Å². The number of ether oxygens (including phenoxy) is 2. The summed E-state index contributed by atoms with van der Waals surface area (Å²) in [5.74, 6) is 1.75. The van der Waals surface area contributed by atoms with Gasteiger partial charge in [0.05, 0.1) is 6.61 Å². The summed E-state index contributed by atoms with van der Waals surface area (Å²) in [6.07, 6.45) is 6.47. The van der Waals surface area contributed by atoms with Crippen LogP contribution < -0.4 is 15.4 Å². The maximum Gasteiger partial charge on any atom is 0.191 e. The van der Waals surface area contributed by atoms with Crippen molar-refractivity contribution in [2.45, 2.75) is 44.7 Å². The van der Waals surface area contributed by atoms with E-state index in [0.29, 0.717) is 19.3 Å². The van der Waals surface area contributed by atoms with E-state index in [0.717, 1.165) is 18.3 Å². The molecule has 0 atom stereocenters. The van der Waals surface area contributed by atoms with Crippen LogP contribution in [0.4, 0.5) is 0 Å². The zero-order valence-electron chi connectivity index (χ0n) is 14.7. The fraction of sp³-hybridized carbons (Fsp3) is 0.611. The minimum Gasteiger partial charge on any atom is -0.491 e. The van der Waals surface area contributed by atoms with Gasteiger partial charge in [0, 0.05) is 26.7 Å². The highest BCUT2D eigenvalue weighted by atomic mass is 127. The molecule has 5 nitrogen and oxygen atoms in total. The third kappa shape index (κ3) is 7.70. The molecule has 1 aromatic rings. The number of rotatable bonds is 7. The number of halogens is 1. The highest BCUT2D eigenvalue weighted by Gasteiger charge is 2.14. The predicted octanol–water partition coefficient (Wildman–Crippen LogP) is 3.33. The average Bonchev–Trinajstić information content (AvgIpc) is 2.60. The Balaban J connectivity index is 0.00000288. The van der Waals surface area contributed by atoms with Gasteiger partial charge in [0.25, 0.3) is 0 Å². The topological polar surface area (TPSA) is 54.9 Å². The van der Waals surface area contributed by atoms with Crippen LogP contribution in [0.25, 0.3) is 0 Å². The molecule has 0 unspecified atom stereocenters. The average molecular weight is 447 g/mol. The van der Waals surface area contributed by atoms with Crippen molar-refractivity contribution >= 4 is 29.9 Å². The number of methoxy groups -OCH3 is 1. The Kier molecular flexibility index (Phi) is 10.8. The fourth-order valence-corrected chi connectivity index (χ4v) is 2.81. The Labute approximate surface area is 162 Å². The molecule has 0 heterocycles. The van der Waals surface area contributed by atoms with Crippen molar-refractivity contribution < 1.29 is 9.47 Å². The van der Waals surface area contributed by atoms with E-state index in [1.165, 1.54) is 37.7 Å². The van der Waals surface area contributed by atoms with Crippen LogP contribution in [-0.4, -0.2) is 39.4 Å². The minimum atomic E-state index is 0. The Morgan fingerprint density at radius 2 is 2.00 bits per heavy atom. The first-order valence-electron chi connectivity index (χ1n) is 8.49. The van der Waals surface area contributed by atoms with E-state index in [9.17, 15) is 0 Å². The second kappa shape index (κ2) is 12.4. The zero-order valence-corrected chi connectivity index (χ0v) is 17.0. The van der Waals surface area contributed by atoms with Crippen molar-refractivity contribution in [3.8, 4) is 5.75 Å². The molecule has 1 saturated carbocycles. The maximum atomic E-state index is 5.64. The molecule has 0 saturated heterocycles. The van der Waals surface area contributed by atoms with Crippen LogP contribution in [0.1, 0.15) is 37.7 Å². The molecule has 24 heavy (non-hydrogen) atoms. The third-order valence-corrected chi connectivity index (χ3v) is 4.08. The molecular weight excluding hydrogens is 417 g/mol. The van der Waals surface area contributed by atoms with Crippen molar-refractivity contribution in [2.24, 2.45) is 4.99 Å². The van der Waals surface area contributed by atoms with Crippen LogP contribution in [0.15, 0.2) is 29.3 Å². The molecule has 1 aliphatic carbocycles. The number of hydrogen-bond acceptors (Lipinski definition) is 3. The first kappa shape index (κ1) is 21.0. The van der Waals surface area contributed by atoms with E-state index in [1.54, 1.807) is 7.11 Å². The second-order valence-electron chi connectivity index (χ2n) is 5.89. The largest absolute Gasteiger partial charge is 0.491 e. The summed E-state index contributed by atoms with van der Waals surface area (Å²) in [6.45, 7) is 1.90. The van der Waals surface area contributed by atoms with Gasteiger partial charge < -0.3 is 20.1 Å². The van der Waals surface area contributed by atoms with Gasteiger partial charge in [0.15, 0.2) is 5.96 Å². The monoisotopic (exact) mass is 447 g/mol. The number of aliphatic imine (C=N–C) groups is 1. The molecule has 0 radical (unpaired) electrons. The molecule has 136 valence electrons. The third-order valence-electron chi connectivity index (χ3n) is 4.08. The zero-order chi connectivity index (χ0) is 16.3. The number of hydrogen-bond donors (Lipinski definition) is 2. The number of nitrogens with one attached hydrogen (secondary N) is 2. The molecule has 1 aliphatic rings. The summed E-state index contributed by atoms with van der Waals surface area (Å²) < 4.78 is 10.6. The smallest absolute Gasteiger partial charge is 0.191 e. The van der Waals surface area contributed by atoms with E-state index in [-0.39, 0.29) is 24.0 Å². The summed E-state index contributed by atoms with van der Waals surface area (Å²) >= 11 is 0. The lowest BCUT2D eigenvalue weighted by molar-refractivity contribution is 0.146. The molecule has 2 N–H and O–H groups in total. The van der Waals surface area contributed by atoms with Gasteiger partial charge in [-0.25, -0.2) is 0 Å². The van der Waals surface area contributed by atoms with E-state index in [1.807, 2.05) is 19.2 Å². The molecule has 0 amide bonds. The van der Waals surface area contributed by atoms with Crippen molar-refractivity contribution in [2.75, 3.05) is 27.4 Å². The van der Waals surface area contributed by atoms with Crippen LogP contribution in [0.2, 0.25) is 0 Å². The first-order chi connectivity index (χ1) is 11.3. The van der Waals surface area contributed by atoms with E-state index in [4.69, 9.17) is 9.47 Å². The summed E-state index contributed by atoms with van der Waals surface area (Å²) in [4.78, 5) is 4.33. The molecule has 2 rings (SSSR count). The fourth-order valence-electron chi connectivity index (χ4n) is 2.81. The lowest BCUT2D eigenvalue weighted by Crippen LogP contribution is -2.43. The van der Waals surface area contributed by atoms with Crippen LogP contribution in [0, 0.1) is 0 Å². The Hall–Kier alpha value is -1.02. The van der Waals surface area contributed by atoms with Crippen molar-refractivity contribution in [3.63, 3.8) is 0 Å². The molecular formula is C18H30IN3O2. The van der Waals surface area contributed by atoms with Gasteiger partial charge in [0.1, 0.15) is 12.4 Å². The number of guanidine groups is 1. The Morgan fingerprint density at radius 1 is 1.21 bits per heavy atom. The quantitative estimate of drug-likeness (QED) is 0.292. The lowest BCUT2D eigenvalue weighted by Gasteiger charge is -2.24. The van der Waals surface area contributed by atoms with Crippen molar-refractivity contribution in [1.29, 1.82) is 0 Å². The van der Waals surface area contributed by atoms with Crippen LogP contribution in [-0.2, 0) is 11.3 Å². The number of benzene rings is 1. The van der Waals surface area contributed by atoms with Crippen molar-refractivity contribution in [3.05, 3.63) is 29.8 Å². The molecule has 0 aromatic heterocycles. The Bertz CT molecular complexity index is 491. The molecule has 1 fully saturated rings. The maximum absolute atomic E-state index is 5.64. The van der Waals surface area contributed by atoms with Gasteiger partial charge in [-0.2, -0.15) is 0 Å². The molecule has 0 bridgehead atoms. The predicted molar refractivity (Wildman–Crippen MR) is 109 cm³/mol. The molecule has 0 spiro atoms. The van der Waals surface area contributed by atoms with Gasteiger partial charge in [0.2, 0.25) is 0 Å². The van der Waals surface area contributed by atoms with Crippen LogP contribution >= 0.6 is 24.0 Å². The normalized spacial score (nSPS) is 15.5. The van der Waals surface area contributed by atoms with Crippen LogP contribution in [0.5, 0.6) is 5.75 Å². The summed E-state index contributed by atoms with van der Waals surface area (Å²) in [7, 11) is 3.50. The van der Waals surface area contributed by atoms with Crippen molar-refractivity contribution in [1.82, 2.24) is 10.6 Å². The van der Waals surface area contributed by atoms with Crippen LogP contribution in [0.3, 0.4) is 0 Å². The van der Waals surface area contributed by atoms with Gasteiger partial charge in [-0.3, -0.25) is 4.99 Å². The molecule has 0 aliphatic heterocycles.